The first-order chi connectivity index (χ1) is 13.6. The van der Waals surface area contributed by atoms with E-state index in [1.165, 1.54) is 4.40 Å². The lowest BCUT2D eigenvalue weighted by atomic mass is 9.83. The number of carbonyl (C=O) groups is 1. The zero-order valence-corrected chi connectivity index (χ0v) is 15.5. The van der Waals surface area contributed by atoms with Gasteiger partial charge in [0.1, 0.15) is 17.0 Å². The Bertz CT molecular complexity index is 1230. The highest BCUT2D eigenvalue weighted by molar-refractivity contribution is 5.83. The second-order valence-corrected chi connectivity index (χ2v) is 7.76. The topological polar surface area (TPSA) is 76.7 Å². The van der Waals surface area contributed by atoms with E-state index in [2.05, 4.69) is 4.90 Å². The number of anilines is 1. The van der Waals surface area contributed by atoms with Gasteiger partial charge in [-0.2, -0.15) is 0 Å². The van der Waals surface area contributed by atoms with Gasteiger partial charge in [-0.1, -0.05) is 12.1 Å². The molecule has 0 aliphatic carbocycles. The summed E-state index contributed by atoms with van der Waals surface area (Å²) in [7, 11) is 0. The maximum absolute atomic E-state index is 12.9. The van der Waals surface area contributed by atoms with Crippen molar-refractivity contribution in [2.24, 2.45) is 5.92 Å². The SMILES string of the molecule is Cc1cccn2c(=O)c(C=O)c(N3CC4C[C@H](C3)Cn3c4cccc3=O)nc12. The van der Waals surface area contributed by atoms with E-state index in [1.54, 1.807) is 24.4 Å². The molecule has 5 heterocycles. The van der Waals surface area contributed by atoms with Crippen LogP contribution in [0.15, 0.2) is 46.1 Å². The number of pyridine rings is 2. The van der Waals surface area contributed by atoms with Crippen molar-refractivity contribution < 1.29 is 4.79 Å². The summed E-state index contributed by atoms with van der Waals surface area (Å²) in [6.07, 6.45) is 3.26. The Kier molecular flexibility index (Phi) is 3.72. The first-order valence-electron chi connectivity index (χ1n) is 9.48. The minimum Gasteiger partial charge on any atom is -0.355 e. The van der Waals surface area contributed by atoms with E-state index < -0.39 is 0 Å². The summed E-state index contributed by atoms with van der Waals surface area (Å²) >= 11 is 0. The van der Waals surface area contributed by atoms with E-state index in [0.29, 0.717) is 37.4 Å². The Morgan fingerprint density at radius 2 is 1.96 bits per heavy atom. The maximum atomic E-state index is 12.9. The van der Waals surface area contributed by atoms with E-state index in [0.717, 1.165) is 17.7 Å². The summed E-state index contributed by atoms with van der Waals surface area (Å²) in [5.41, 5.74) is 2.26. The Labute approximate surface area is 160 Å². The van der Waals surface area contributed by atoms with Gasteiger partial charge < -0.3 is 9.47 Å². The number of aldehydes is 1. The molecule has 0 saturated carbocycles. The van der Waals surface area contributed by atoms with Crippen LogP contribution >= 0.6 is 0 Å². The smallest absolute Gasteiger partial charge is 0.270 e. The number of nitrogens with zero attached hydrogens (tertiary/aromatic N) is 4. The van der Waals surface area contributed by atoms with Gasteiger partial charge in [-0.05, 0) is 37.0 Å². The number of aromatic nitrogens is 3. The largest absolute Gasteiger partial charge is 0.355 e. The molecule has 0 N–H and O–H groups in total. The van der Waals surface area contributed by atoms with Crippen LogP contribution in [0.1, 0.15) is 34.0 Å². The Balaban J connectivity index is 1.64. The molecule has 0 spiro atoms. The lowest BCUT2D eigenvalue weighted by Gasteiger charge is -2.43. The maximum Gasteiger partial charge on any atom is 0.270 e. The molecule has 2 bridgehead atoms. The van der Waals surface area contributed by atoms with Crippen LogP contribution in [0.4, 0.5) is 5.82 Å². The highest BCUT2D eigenvalue weighted by Gasteiger charge is 2.36. The number of hydrogen-bond acceptors (Lipinski definition) is 5. The molecule has 2 aliphatic heterocycles. The minimum atomic E-state index is -0.342. The number of piperidine rings is 1. The van der Waals surface area contributed by atoms with Crippen molar-refractivity contribution in [3.05, 3.63) is 74.1 Å². The van der Waals surface area contributed by atoms with Crippen molar-refractivity contribution in [2.45, 2.75) is 25.8 Å². The standard InChI is InChI=1S/C21H20N4O3/c1-13-4-3-7-24-19(13)22-20(16(12-26)21(24)28)23-9-14-8-15(11-23)17-5-2-6-18(27)25(17)10-14/h2-7,12,14-15H,8-11H2,1H3/t14-,15?/m1/s1. The lowest BCUT2D eigenvalue weighted by Crippen LogP contribution is -2.48. The molecule has 142 valence electrons. The highest BCUT2D eigenvalue weighted by atomic mass is 16.1. The van der Waals surface area contributed by atoms with E-state index in [1.807, 2.05) is 23.6 Å². The predicted octanol–water partition coefficient (Wildman–Crippen LogP) is 1.60. The van der Waals surface area contributed by atoms with Crippen LogP contribution in [0.5, 0.6) is 0 Å². The van der Waals surface area contributed by atoms with Crippen LogP contribution in [0.3, 0.4) is 0 Å². The van der Waals surface area contributed by atoms with Gasteiger partial charge in [-0.15, -0.1) is 0 Å². The van der Waals surface area contributed by atoms with Crippen molar-refractivity contribution in [2.75, 3.05) is 18.0 Å². The summed E-state index contributed by atoms with van der Waals surface area (Å²) in [6, 6.07) is 9.08. The molecule has 7 heteroatoms. The van der Waals surface area contributed by atoms with Gasteiger partial charge in [0, 0.05) is 43.5 Å². The lowest BCUT2D eigenvalue weighted by molar-refractivity contribution is 0.112. The van der Waals surface area contributed by atoms with Gasteiger partial charge >= 0.3 is 0 Å². The van der Waals surface area contributed by atoms with Crippen molar-refractivity contribution >= 4 is 17.8 Å². The van der Waals surface area contributed by atoms with Crippen molar-refractivity contribution in [3.8, 4) is 0 Å². The molecule has 2 aliphatic rings. The van der Waals surface area contributed by atoms with Crippen LogP contribution in [0.2, 0.25) is 0 Å². The zero-order chi connectivity index (χ0) is 19.4. The fourth-order valence-electron chi connectivity index (χ4n) is 4.71. The normalized spacial score (nSPS) is 20.8. The van der Waals surface area contributed by atoms with Crippen LogP contribution in [0.25, 0.3) is 5.65 Å². The van der Waals surface area contributed by atoms with Crippen molar-refractivity contribution in [1.29, 1.82) is 0 Å². The first-order valence-corrected chi connectivity index (χ1v) is 9.48. The average Bonchev–Trinajstić information content (AvgIpc) is 2.69. The molecule has 3 aromatic heterocycles. The number of aryl methyl sites for hydroxylation is 1. The molecule has 7 nitrogen and oxygen atoms in total. The molecule has 0 aromatic carbocycles. The fraction of sp³-hybridized carbons (Fsp3) is 0.333. The second kappa shape index (κ2) is 6.15. The number of hydrogen-bond donors (Lipinski definition) is 0. The third kappa shape index (κ3) is 2.42. The molecule has 1 fully saturated rings. The van der Waals surface area contributed by atoms with Gasteiger partial charge in [0.2, 0.25) is 0 Å². The molecule has 3 aromatic rings. The van der Waals surface area contributed by atoms with Crippen LogP contribution in [-0.4, -0.2) is 33.3 Å². The number of rotatable bonds is 2. The van der Waals surface area contributed by atoms with E-state index in [-0.39, 0.29) is 28.5 Å². The molecule has 1 saturated heterocycles. The molecule has 0 radical (unpaired) electrons. The van der Waals surface area contributed by atoms with Gasteiger partial charge in [-0.3, -0.25) is 18.8 Å². The van der Waals surface area contributed by atoms with Crippen LogP contribution in [0, 0.1) is 12.8 Å². The van der Waals surface area contributed by atoms with Crippen LogP contribution in [-0.2, 0) is 6.54 Å². The number of fused-ring (bicyclic) bond motifs is 5. The molecule has 0 amide bonds. The summed E-state index contributed by atoms with van der Waals surface area (Å²) in [5.74, 6) is 0.914. The molecule has 1 unspecified atom stereocenters. The Morgan fingerprint density at radius 3 is 2.79 bits per heavy atom. The Morgan fingerprint density at radius 1 is 1.11 bits per heavy atom. The van der Waals surface area contributed by atoms with E-state index >= 15 is 0 Å². The van der Waals surface area contributed by atoms with Crippen molar-refractivity contribution in [1.82, 2.24) is 14.0 Å². The average molecular weight is 376 g/mol. The summed E-state index contributed by atoms with van der Waals surface area (Å²) < 4.78 is 3.30. The van der Waals surface area contributed by atoms with E-state index in [4.69, 9.17) is 4.98 Å². The second-order valence-electron chi connectivity index (χ2n) is 7.76. The van der Waals surface area contributed by atoms with Crippen molar-refractivity contribution in [3.63, 3.8) is 0 Å². The van der Waals surface area contributed by atoms with Gasteiger partial charge in [-0.25, -0.2) is 4.98 Å². The predicted molar refractivity (Wildman–Crippen MR) is 105 cm³/mol. The van der Waals surface area contributed by atoms with Gasteiger partial charge in [0.15, 0.2) is 6.29 Å². The molecular weight excluding hydrogens is 356 g/mol. The molecular formula is C21H20N4O3. The molecule has 2 atom stereocenters. The van der Waals surface area contributed by atoms with E-state index in [9.17, 15) is 14.4 Å². The Hall–Kier alpha value is -3.22. The third-order valence-corrected chi connectivity index (χ3v) is 5.96. The third-order valence-electron chi connectivity index (χ3n) is 5.96. The summed E-state index contributed by atoms with van der Waals surface area (Å²) in [6.45, 7) is 3.87. The first kappa shape index (κ1) is 16.9. The summed E-state index contributed by atoms with van der Waals surface area (Å²) in [5, 5.41) is 0. The summed E-state index contributed by atoms with van der Waals surface area (Å²) in [4.78, 5) is 43.7. The zero-order valence-electron chi connectivity index (χ0n) is 15.5. The van der Waals surface area contributed by atoms with Gasteiger partial charge in [0.05, 0.1) is 0 Å². The van der Waals surface area contributed by atoms with Crippen LogP contribution < -0.4 is 16.0 Å². The molecule has 5 rings (SSSR count). The highest BCUT2D eigenvalue weighted by Crippen LogP contribution is 2.36. The monoisotopic (exact) mass is 376 g/mol. The van der Waals surface area contributed by atoms with Gasteiger partial charge in [0.25, 0.3) is 11.1 Å². The molecule has 28 heavy (non-hydrogen) atoms. The number of carbonyl (C=O) groups excluding carboxylic acids is 1. The fourth-order valence-corrected chi connectivity index (χ4v) is 4.71. The minimum absolute atomic E-state index is 0.0342. The quantitative estimate of drug-likeness (QED) is 0.635.